The van der Waals surface area contributed by atoms with Gasteiger partial charge < -0.3 is 5.32 Å². The molecular formula is C16H11ClFNOS. The summed E-state index contributed by atoms with van der Waals surface area (Å²) in [5.41, 5.74) is 2.22. The minimum absolute atomic E-state index is 0.0719. The van der Waals surface area contributed by atoms with Crippen LogP contribution < -0.4 is 5.32 Å². The highest BCUT2D eigenvalue weighted by atomic mass is 35.5. The maximum atomic E-state index is 13.5. The number of allylic oxidation sites excluding steroid dienone is 1. The molecule has 0 aromatic heterocycles. The Hall–Kier alpha value is -1.78. The molecular weight excluding hydrogens is 309 g/mol. The summed E-state index contributed by atoms with van der Waals surface area (Å²) >= 11 is 7.34. The number of carbonyl (C=O) groups excluding carboxylic acids is 1. The Labute approximate surface area is 131 Å². The summed E-state index contributed by atoms with van der Waals surface area (Å²) in [6.45, 7) is 1.50. The van der Waals surface area contributed by atoms with Crippen molar-refractivity contribution >= 4 is 40.5 Å². The highest BCUT2D eigenvalue weighted by Gasteiger charge is 2.24. The molecule has 0 radical (unpaired) electrons. The average molecular weight is 320 g/mol. The first-order valence-corrected chi connectivity index (χ1v) is 7.50. The summed E-state index contributed by atoms with van der Waals surface area (Å²) in [6.07, 6.45) is 0. The highest BCUT2D eigenvalue weighted by Crippen LogP contribution is 2.46. The van der Waals surface area contributed by atoms with Crippen LogP contribution in [0.2, 0.25) is 5.02 Å². The largest absolute Gasteiger partial charge is 0.352 e. The topological polar surface area (TPSA) is 29.1 Å². The zero-order valence-electron chi connectivity index (χ0n) is 11.1. The summed E-state index contributed by atoms with van der Waals surface area (Å²) in [5.74, 6) is -0.489. The number of hydrogen-bond acceptors (Lipinski definition) is 3. The number of hydrogen-bond donors (Lipinski definition) is 1. The van der Waals surface area contributed by atoms with Gasteiger partial charge in [-0.2, -0.15) is 0 Å². The second-order valence-electron chi connectivity index (χ2n) is 4.61. The van der Waals surface area contributed by atoms with E-state index in [4.69, 9.17) is 11.6 Å². The molecule has 0 aliphatic carbocycles. The number of rotatable bonds is 2. The van der Waals surface area contributed by atoms with Gasteiger partial charge in [0.25, 0.3) is 0 Å². The van der Waals surface area contributed by atoms with E-state index >= 15 is 0 Å². The molecule has 0 unspecified atom stereocenters. The quantitative estimate of drug-likeness (QED) is 0.848. The molecule has 2 aromatic rings. The third-order valence-electron chi connectivity index (χ3n) is 3.09. The first-order chi connectivity index (χ1) is 10.1. The molecule has 1 aliphatic rings. The van der Waals surface area contributed by atoms with Crippen molar-refractivity contribution in [1.82, 2.24) is 0 Å². The summed E-state index contributed by atoms with van der Waals surface area (Å²) in [5, 5.41) is 3.48. The maximum Gasteiger partial charge on any atom is 0.168 e. The lowest BCUT2D eigenvalue weighted by atomic mass is 10.1. The molecule has 1 N–H and O–H groups in total. The molecule has 0 fully saturated rings. The molecule has 3 rings (SSSR count). The van der Waals surface area contributed by atoms with Gasteiger partial charge in [0, 0.05) is 4.90 Å². The number of carbonyl (C=O) groups is 1. The molecule has 2 aromatic carbocycles. The van der Waals surface area contributed by atoms with Crippen LogP contribution in [0.25, 0.3) is 5.70 Å². The number of halogens is 2. The van der Waals surface area contributed by atoms with E-state index in [2.05, 4.69) is 5.32 Å². The Morgan fingerprint density at radius 3 is 2.62 bits per heavy atom. The SMILES string of the molecule is CC(=O)C1=C(c2ccccc2)Nc2c(Cl)cc(F)cc2S1. The van der Waals surface area contributed by atoms with E-state index in [0.717, 1.165) is 5.56 Å². The average Bonchev–Trinajstić information content (AvgIpc) is 2.46. The first-order valence-electron chi connectivity index (χ1n) is 6.31. The normalized spacial score (nSPS) is 13.7. The Bertz CT molecular complexity index is 758. The fraction of sp³-hybridized carbons (Fsp3) is 0.0625. The predicted molar refractivity (Wildman–Crippen MR) is 84.9 cm³/mol. The summed E-state index contributed by atoms with van der Waals surface area (Å²) in [7, 11) is 0. The molecule has 1 aliphatic heterocycles. The summed E-state index contributed by atoms with van der Waals surface area (Å²) < 4.78 is 13.5. The van der Waals surface area contributed by atoms with Crippen molar-refractivity contribution in [3.8, 4) is 0 Å². The van der Waals surface area contributed by atoms with Crippen molar-refractivity contribution in [3.05, 3.63) is 63.8 Å². The maximum absolute atomic E-state index is 13.5. The van der Waals surface area contributed by atoms with Crippen LogP contribution in [0.5, 0.6) is 0 Å². The predicted octanol–water partition coefficient (Wildman–Crippen LogP) is 4.95. The molecule has 2 nitrogen and oxygen atoms in total. The van der Waals surface area contributed by atoms with E-state index in [1.54, 1.807) is 0 Å². The van der Waals surface area contributed by atoms with Gasteiger partial charge in [0.2, 0.25) is 0 Å². The third-order valence-corrected chi connectivity index (χ3v) is 4.63. The lowest BCUT2D eigenvalue weighted by Crippen LogP contribution is -2.11. The van der Waals surface area contributed by atoms with Gasteiger partial charge in [-0.15, -0.1) is 0 Å². The number of ketones is 1. The van der Waals surface area contributed by atoms with Crippen LogP contribution in [0, 0.1) is 5.82 Å². The number of anilines is 1. The number of fused-ring (bicyclic) bond motifs is 1. The zero-order valence-corrected chi connectivity index (χ0v) is 12.7. The van der Waals surface area contributed by atoms with Crippen LogP contribution in [-0.2, 0) is 4.79 Å². The monoisotopic (exact) mass is 319 g/mol. The number of thioether (sulfide) groups is 1. The van der Waals surface area contributed by atoms with Gasteiger partial charge in [-0.25, -0.2) is 4.39 Å². The Morgan fingerprint density at radius 1 is 1.24 bits per heavy atom. The molecule has 21 heavy (non-hydrogen) atoms. The third kappa shape index (κ3) is 2.69. The van der Waals surface area contributed by atoms with Crippen LogP contribution in [0.3, 0.4) is 0 Å². The number of nitrogens with one attached hydrogen (secondary N) is 1. The van der Waals surface area contributed by atoms with Crippen LogP contribution >= 0.6 is 23.4 Å². The van der Waals surface area contributed by atoms with Crippen LogP contribution in [0.4, 0.5) is 10.1 Å². The van der Waals surface area contributed by atoms with Crippen molar-refractivity contribution in [2.75, 3.05) is 5.32 Å². The van der Waals surface area contributed by atoms with E-state index in [1.807, 2.05) is 30.3 Å². The van der Waals surface area contributed by atoms with Crippen molar-refractivity contribution in [1.29, 1.82) is 0 Å². The summed E-state index contributed by atoms with van der Waals surface area (Å²) in [6, 6.07) is 12.2. The molecule has 0 bridgehead atoms. The van der Waals surface area contributed by atoms with E-state index in [-0.39, 0.29) is 5.78 Å². The Kier molecular flexibility index (Phi) is 3.74. The molecule has 0 atom stereocenters. The molecule has 0 amide bonds. The Morgan fingerprint density at radius 2 is 1.95 bits per heavy atom. The number of benzene rings is 2. The van der Waals surface area contributed by atoms with E-state index in [9.17, 15) is 9.18 Å². The van der Waals surface area contributed by atoms with Gasteiger partial charge in [-0.3, -0.25) is 4.79 Å². The van der Waals surface area contributed by atoms with Gasteiger partial charge in [-0.05, 0) is 24.6 Å². The fourth-order valence-electron chi connectivity index (χ4n) is 2.15. The molecule has 5 heteroatoms. The van der Waals surface area contributed by atoms with Crippen molar-refractivity contribution in [3.63, 3.8) is 0 Å². The smallest absolute Gasteiger partial charge is 0.168 e. The summed E-state index contributed by atoms with van der Waals surface area (Å²) in [4.78, 5) is 13.1. The minimum Gasteiger partial charge on any atom is -0.352 e. The molecule has 0 spiro atoms. The highest BCUT2D eigenvalue weighted by molar-refractivity contribution is 8.04. The van der Waals surface area contributed by atoms with Gasteiger partial charge >= 0.3 is 0 Å². The van der Waals surface area contributed by atoms with E-state index < -0.39 is 5.82 Å². The van der Waals surface area contributed by atoms with Gasteiger partial charge in [-0.1, -0.05) is 53.7 Å². The molecule has 1 heterocycles. The lowest BCUT2D eigenvalue weighted by Gasteiger charge is -2.24. The van der Waals surface area contributed by atoms with Gasteiger partial charge in [0.05, 0.1) is 21.3 Å². The Balaban J connectivity index is 2.15. The zero-order chi connectivity index (χ0) is 15.0. The second-order valence-corrected chi connectivity index (χ2v) is 6.07. The fourth-order valence-corrected chi connectivity index (χ4v) is 3.53. The number of Topliss-reactive ketones (excluding diaryl/α,β-unsaturated/α-hetero) is 1. The van der Waals surface area contributed by atoms with E-state index in [1.165, 1.54) is 30.8 Å². The minimum atomic E-state index is -0.417. The first kappa shape index (κ1) is 14.2. The van der Waals surface area contributed by atoms with Gasteiger partial charge in [0.15, 0.2) is 5.78 Å². The molecule has 106 valence electrons. The van der Waals surface area contributed by atoms with Crippen molar-refractivity contribution in [2.45, 2.75) is 11.8 Å². The van der Waals surface area contributed by atoms with Gasteiger partial charge in [0.1, 0.15) is 5.82 Å². The van der Waals surface area contributed by atoms with Crippen LogP contribution in [0.15, 0.2) is 52.3 Å². The van der Waals surface area contributed by atoms with Crippen molar-refractivity contribution in [2.24, 2.45) is 0 Å². The standard InChI is InChI=1S/C16H11ClFNOS/c1-9(20)16-14(10-5-3-2-4-6-10)19-15-12(17)7-11(18)8-13(15)21-16/h2-8,19H,1H3. The lowest BCUT2D eigenvalue weighted by molar-refractivity contribution is -0.112. The molecule has 0 saturated heterocycles. The van der Waals surface area contributed by atoms with E-state index in [0.29, 0.717) is 26.2 Å². The van der Waals surface area contributed by atoms with Crippen molar-refractivity contribution < 1.29 is 9.18 Å². The van der Waals surface area contributed by atoms with Crippen LogP contribution in [0.1, 0.15) is 12.5 Å². The van der Waals surface area contributed by atoms with Crippen LogP contribution in [-0.4, -0.2) is 5.78 Å². The second kappa shape index (κ2) is 5.54. The molecule has 0 saturated carbocycles.